The molecule has 3 atom stereocenters. The number of aliphatic hydroxyl groups excluding tert-OH is 1. The standard InChI is InChI=1S/C14H21NO3S/c1-10(8-16)11(2)15-14(17)13-6-4-5-12(7-13)9-19(3)18/h4-7,10-11,16H,8-9H2,1-3H3,(H,15,17). The molecule has 0 saturated heterocycles. The average molecular weight is 283 g/mol. The minimum Gasteiger partial charge on any atom is -0.396 e. The number of amides is 1. The Morgan fingerprint density at radius 2 is 2.11 bits per heavy atom. The summed E-state index contributed by atoms with van der Waals surface area (Å²) in [5.74, 6) is 0.288. The van der Waals surface area contributed by atoms with Crippen molar-refractivity contribution < 1.29 is 14.1 Å². The predicted octanol–water partition coefficient (Wildman–Crippen LogP) is 1.31. The van der Waals surface area contributed by atoms with E-state index in [0.717, 1.165) is 5.56 Å². The third-order valence-electron chi connectivity index (χ3n) is 3.06. The normalized spacial score (nSPS) is 15.6. The van der Waals surface area contributed by atoms with E-state index in [-0.39, 0.29) is 24.5 Å². The van der Waals surface area contributed by atoms with Crippen molar-refractivity contribution in [2.45, 2.75) is 25.6 Å². The smallest absolute Gasteiger partial charge is 0.251 e. The second kappa shape index (κ2) is 7.40. The first-order chi connectivity index (χ1) is 8.93. The molecule has 3 unspecified atom stereocenters. The summed E-state index contributed by atoms with van der Waals surface area (Å²) < 4.78 is 11.2. The first-order valence-electron chi connectivity index (χ1n) is 6.24. The van der Waals surface area contributed by atoms with Crippen LogP contribution in [0.3, 0.4) is 0 Å². The maximum Gasteiger partial charge on any atom is 0.251 e. The van der Waals surface area contributed by atoms with Gasteiger partial charge in [-0.2, -0.15) is 0 Å². The van der Waals surface area contributed by atoms with Crippen molar-refractivity contribution in [2.24, 2.45) is 5.92 Å². The van der Waals surface area contributed by atoms with Crippen LogP contribution in [0.5, 0.6) is 0 Å². The van der Waals surface area contributed by atoms with Gasteiger partial charge in [-0.15, -0.1) is 0 Å². The van der Waals surface area contributed by atoms with Gasteiger partial charge in [-0.25, -0.2) is 0 Å². The summed E-state index contributed by atoms with van der Waals surface area (Å²) in [5.41, 5.74) is 1.44. The highest BCUT2D eigenvalue weighted by Gasteiger charge is 2.15. The lowest BCUT2D eigenvalue weighted by Gasteiger charge is -2.19. The van der Waals surface area contributed by atoms with Crippen molar-refractivity contribution in [1.29, 1.82) is 0 Å². The Kier molecular flexibility index (Phi) is 6.18. The molecule has 1 aromatic rings. The zero-order valence-corrected chi connectivity index (χ0v) is 12.4. The van der Waals surface area contributed by atoms with E-state index in [1.54, 1.807) is 24.5 Å². The van der Waals surface area contributed by atoms with Crippen LogP contribution in [0.1, 0.15) is 29.8 Å². The van der Waals surface area contributed by atoms with Crippen molar-refractivity contribution in [1.82, 2.24) is 5.32 Å². The molecular weight excluding hydrogens is 262 g/mol. The monoisotopic (exact) mass is 283 g/mol. The number of carbonyl (C=O) groups excluding carboxylic acids is 1. The van der Waals surface area contributed by atoms with Crippen LogP contribution in [0.2, 0.25) is 0 Å². The SMILES string of the molecule is CC(CO)C(C)NC(=O)c1cccc(CS(C)=O)c1. The lowest BCUT2D eigenvalue weighted by atomic mass is 10.0. The Balaban J connectivity index is 2.74. The fourth-order valence-electron chi connectivity index (χ4n) is 1.63. The number of benzene rings is 1. The molecule has 5 heteroatoms. The predicted molar refractivity (Wildman–Crippen MR) is 77.4 cm³/mol. The van der Waals surface area contributed by atoms with Gasteiger partial charge in [0.05, 0.1) is 0 Å². The highest BCUT2D eigenvalue weighted by molar-refractivity contribution is 7.83. The molecule has 2 N–H and O–H groups in total. The maximum atomic E-state index is 12.0. The van der Waals surface area contributed by atoms with Gasteiger partial charge in [0.25, 0.3) is 5.91 Å². The summed E-state index contributed by atoms with van der Waals surface area (Å²) >= 11 is 0. The Morgan fingerprint density at radius 3 is 2.68 bits per heavy atom. The van der Waals surface area contributed by atoms with Crippen molar-refractivity contribution in [3.63, 3.8) is 0 Å². The summed E-state index contributed by atoms with van der Waals surface area (Å²) in [6.45, 7) is 3.78. The van der Waals surface area contributed by atoms with E-state index in [2.05, 4.69) is 5.32 Å². The Labute approximate surface area is 116 Å². The van der Waals surface area contributed by atoms with Crippen LogP contribution in [0.4, 0.5) is 0 Å². The molecule has 0 fully saturated rings. The molecule has 0 heterocycles. The molecule has 4 nitrogen and oxygen atoms in total. The van der Waals surface area contributed by atoms with Crippen LogP contribution in [-0.2, 0) is 16.6 Å². The summed E-state index contributed by atoms with van der Waals surface area (Å²) in [4.78, 5) is 12.0. The number of hydrogen-bond donors (Lipinski definition) is 2. The first-order valence-corrected chi connectivity index (χ1v) is 7.97. The van der Waals surface area contributed by atoms with Gasteiger partial charge in [-0.05, 0) is 30.5 Å². The molecule has 19 heavy (non-hydrogen) atoms. The van der Waals surface area contributed by atoms with Crippen LogP contribution in [0, 0.1) is 5.92 Å². The van der Waals surface area contributed by atoms with Crippen LogP contribution < -0.4 is 5.32 Å². The molecule has 0 aromatic heterocycles. The minimum atomic E-state index is -0.922. The van der Waals surface area contributed by atoms with Gasteiger partial charge >= 0.3 is 0 Å². The maximum absolute atomic E-state index is 12.0. The minimum absolute atomic E-state index is 0.00952. The van der Waals surface area contributed by atoms with Crippen molar-refractivity contribution in [3.8, 4) is 0 Å². The zero-order chi connectivity index (χ0) is 14.4. The van der Waals surface area contributed by atoms with Gasteiger partial charge in [-0.3, -0.25) is 9.00 Å². The van der Waals surface area contributed by atoms with E-state index in [1.165, 1.54) is 0 Å². The van der Waals surface area contributed by atoms with Gasteiger partial charge in [-0.1, -0.05) is 19.1 Å². The molecule has 0 spiro atoms. The summed E-state index contributed by atoms with van der Waals surface area (Å²) in [6.07, 6.45) is 1.64. The number of hydrogen-bond acceptors (Lipinski definition) is 3. The molecule has 0 aliphatic heterocycles. The van der Waals surface area contributed by atoms with Crippen LogP contribution >= 0.6 is 0 Å². The van der Waals surface area contributed by atoms with Crippen molar-refractivity contribution in [2.75, 3.05) is 12.9 Å². The van der Waals surface area contributed by atoms with Gasteiger partial charge in [0.1, 0.15) is 0 Å². The highest BCUT2D eigenvalue weighted by atomic mass is 32.2. The second-order valence-corrected chi connectivity index (χ2v) is 6.27. The third-order valence-corrected chi connectivity index (χ3v) is 3.80. The third kappa shape index (κ3) is 5.12. The van der Waals surface area contributed by atoms with E-state index in [9.17, 15) is 9.00 Å². The molecule has 0 aliphatic carbocycles. The van der Waals surface area contributed by atoms with Crippen LogP contribution in [0.25, 0.3) is 0 Å². The van der Waals surface area contributed by atoms with E-state index in [0.29, 0.717) is 11.3 Å². The van der Waals surface area contributed by atoms with Crippen LogP contribution in [-0.4, -0.2) is 34.1 Å². The Morgan fingerprint density at radius 1 is 1.42 bits per heavy atom. The van der Waals surface area contributed by atoms with Gasteiger partial charge in [0, 0.05) is 41.0 Å². The molecular formula is C14H21NO3S. The second-order valence-electron chi connectivity index (χ2n) is 4.84. The van der Waals surface area contributed by atoms with E-state index < -0.39 is 10.8 Å². The van der Waals surface area contributed by atoms with E-state index in [1.807, 2.05) is 19.9 Å². The molecule has 1 rings (SSSR count). The zero-order valence-electron chi connectivity index (χ0n) is 11.6. The fraction of sp³-hybridized carbons (Fsp3) is 0.500. The molecule has 0 radical (unpaired) electrons. The van der Waals surface area contributed by atoms with Crippen molar-refractivity contribution >= 4 is 16.7 Å². The van der Waals surface area contributed by atoms with Crippen LogP contribution in [0.15, 0.2) is 24.3 Å². The van der Waals surface area contributed by atoms with Gasteiger partial charge < -0.3 is 10.4 Å². The Bertz CT molecular complexity index is 462. The van der Waals surface area contributed by atoms with Gasteiger partial charge in [0.15, 0.2) is 0 Å². The van der Waals surface area contributed by atoms with E-state index >= 15 is 0 Å². The topological polar surface area (TPSA) is 66.4 Å². The number of rotatable bonds is 6. The molecule has 0 aliphatic rings. The summed E-state index contributed by atoms with van der Waals surface area (Å²) in [7, 11) is -0.922. The molecule has 106 valence electrons. The largest absolute Gasteiger partial charge is 0.396 e. The molecule has 1 amide bonds. The number of aliphatic hydroxyl groups is 1. The highest BCUT2D eigenvalue weighted by Crippen LogP contribution is 2.09. The Hall–Kier alpha value is -1.20. The lowest BCUT2D eigenvalue weighted by Crippen LogP contribution is -2.38. The molecule has 0 saturated carbocycles. The summed E-state index contributed by atoms with van der Waals surface area (Å²) in [6, 6.07) is 7.04. The number of carbonyl (C=O) groups is 1. The molecule has 1 aromatic carbocycles. The summed E-state index contributed by atoms with van der Waals surface area (Å²) in [5, 5.41) is 11.9. The number of nitrogens with one attached hydrogen (secondary N) is 1. The van der Waals surface area contributed by atoms with Crippen molar-refractivity contribution in [3.05, 3.63) is 35.4 Å². The molecule has 0 bridgehead atoms. The van der Waals surface area contributed by atoms with E-state index in [4.69, 9.17) is 5.11 Å². The van der Waals surface area contributed by atoms with Gasteiger partial charge in [0.2, 0.25) is 0 Å². The average Bonchev–Trinajstić information content (AvgIpc) is 2.37. The first kappa shape index (κ1) is 15.9. The fourth-order valence-corrected chi connectivity index (χ4v) is 2.28. The quantitative estimate of drug-likeness (QED) is 0.827. The lowest BCUT2D eigenvalue weighted by molar-refractivity contribution is 0.0916.